The minimum Gasteiger partial charge on any atom is -0.459 e. The van der Waals surface area contributed by atoms with E-state index in [1.165, 1.54) is 0 Å². The fraction of sp³-hybridized carbons (Fsp3) is 0.800. The highest BCUT2D eigenvalue weighted by Crippen LogP contribution is 2.19. The molecule has 0 fully saturated rings. The van der Waals surface area contributed by atoms with Crippen LogP contribution in [0.25, 0.3) is 0 Å². The van der Waals surface area contributed by atoms with Gasteiger partial charge < -0.3 is 14.9 Å². The molecule has 2 N–H and O–H groups in total. The van der Waals surface area contributed by atoms with E-state index in [0.717, 1.165) is 19.3 Å². The van der Waals surface area contributed by atoms with Gasteiger partial charge in [0.05, 0.1) is 18.1 Å². The van der Waals surface area contributed by atoms with Crippen LogP contribution in [0.4, 0.5) is 0 Å². The predicted octanol–water partition coefficient (Wildman–Crippen LogP) is 2.19. The molecule has 1 unspecified atom stereocenters. The maximum atomic E-state index is 11.9. The lowest BCUT2D eigenvalue weighted by molar-refractivity contribution is -0.163. The van der Waals surface area contributed by atoms with Crippen molar-refractivity contribution in [3.05, 3.63) is 12.2 Å². The molecule has 19 heavy (non-hydrogen) atoms. The number of hydrogen-bond donors (Lipinski definition) is 2. The predicted molar refractivity (Wildman–Crippen MR) is 73.6 cm³/mol. The third kappa shape index (κ3) is 5.33. The molecule has 0 aromatic rings. The summed E-state index contributed by atoms with van der Waals surface area (Å²) >= 11 is 0. The molecular weight excluding hydrogens is 244 g/mol. The Balaban J connectivity index is 2.67. The van der Waals surface area contributed by atoms with Crippen molar-refractivity contribution in [2.45, 2.75) is 70.7 Å². The van der Waals surface area contributed by atoms with Gasteiger partial charge in [0.25, 0.3) is 0 Å². The third-order valence-electron chi connectivity index (χ3n) is 3.64. The van der Waals surface area contributed by atoms with Gasteiger partial charge in [-0.3, -0.25) is 4.79 Å². The molecule has 0 radical (unpaired) electrons. The summed E-state index contributed by atoms with van der Waals surface area (Å²) in [5, 5.41) is 19.9. The fourth-order valence-corrected chi connectivity index (χ4v) is 2.18. The van der Waals surface area contributed by atoms with Gasteiger partial charge in [0, 0.05) is 0 Å². The van der Waals surface area contributed by atoms with Crippen LogP contribution >= 0.6 is 0 Å². The smallest absolute Gasteiger partial charge is 0.311 e. The molecule has 1 aliphatic rings. The molecule has 0 aromatic carbocycles. The number of carbonyl (C=O) groups excluding carboxylic acids is 1. The first-order valence-corrected chi connectivity index (χ1v) is 7.29. The van der Waals surface area contributed by atoms with Crippen LogP contribution < -0.4 is 0 Å². The van der Waals surface area contributed by atoms with Gasteiger partial charge in [-0.1, -0.05) is 31.9 Å². The van der Waals surface area contributed by atoms with E-state index in [9.17, 15) is 15.0 Å². The second-order valence-corrected chi connectivity index (χ2v) is 5.32. The number of ether oxygens (including phenoxy) is 1. The van der Waals surface area contributed by atoms with Crippen molar-refractivity contribution >= 4 is 5.97 Å². The zero-order chi connectivity index (χ0) is 14.3. The molecule has 4 heteroatoms. The Kier molecular flexibility index (Phi) is 7.10. The Morgan fingerprint density at radius 3 is 2.79 bits per heavy atom. The molecule has 0 saturated carbocycles. The standard InChI is InChI=1S/C15H26O4/c1-3-4-5-10-14-13(17)9-7-6-8-12(16)11(2)15(18)19-14/h6,8,11-14,16-17H,3-5,7,9-10H2,1-2H3/b8-6-/t11-,12?,13+,14+/m0/s1. The number of aliphatic hydroxyl groups is 2. The number of allylic oxidation sites excluding steroid dienone is 1. The van der Waals surface area contributed by atoms with Gasteiger partial charge in [0.2, 0.25) is 0 Å². The van der Waals surface area contributed by atoms with Crippen LogP contribution in [0.1, 0.15) is 52.4 Å². The van der Waals surface area contributed by atoms with Crippen LogP contribution in [0.5, 0.6) is 0 Å². The van der Waals surface area contributed by atoms with E-state index >= 15 is 0 Å². The number of hydrogen-bond acceptors (Lipinski definition) is 4. The largest absolute Gasteiger partial charge is 0.459 e. The lowest BCUT2D eigenvalue weighted by Gasteiger charge is -2.26. The second kappa shape index (κ2) is 8.33. The van der Waals surface area contributed by atoms with Crippen molar-refractivity contribution in [1.29, 1.82) is 0 Å². The van der Waals surface area contributed by atoms with Gasteiger partial charge in [-0.25, -0.2) is 0 Å². The van der Waals surface area contributed by atoms with Crippen LogP contribution in [0.2, 0.25) is 0 Å². The molecule has 0 aliphatic carbocycles. The summed E-state index contributed by atoms with van der Waals surface area (Å²) in [5.74, 6) is -1.02. The van der Waals surface area contributed by atoms with Crippen molar-refractivity contribution in [2.75, 3.05) is 0 Å². The van der Waals surface area contributed by atoms with Gasteiger partial charge in [0.15, 0.2) is 0 Å². The van der Waals surface area contributed by atoms with Gasteiger partial charge in [-0.15, -0.1) is 0 Å². The first-order chi connectivity index (χ1) is 9.06. The molecule has 1 aliphatic heterocycles. The monoisotopic (exact) mass is 270 g/mol. The number of unbranched alkanes of at least 4 members (excludes halogenated alkanes) is 2. The Bertz CT molecular complexity index is 301. The minimum absolute atomic E-state index is 0.431. The van der Waals surface area contributed by atoms with E-state index in [1.54, 1.807) is 13.0 Å². The molecule has 0 aromatic heterocycles. The van der Waals surface area contributed by atoms with Crippen LogP contribution in [0, 0.1) is 5.92 Å². The Hall–Kier alpha value is -0.870. The summed E-state index contributed by atoms with van der Waals surface area (Å²) in [7, 11) is 0. The zero-order valence-corrected chi connectivity index (χ0v) is 11.9. The molecule has 4 nitrogen and oxygen atoms in total. The molecule has 1 rings (SSSR count). The summed E-state index contributed by atoms with van der Waals surface area (Å²) < 4.78 is 5.39. The van der Waals surface area contributed by atoms with E-state index in [2.05, 4.69) is 6.92 Å². The topological polar surface area (TPSA) is 66.8 Å². The van der Waals surface area contributed by atoms with Crippen LogP contribution in [-0.2, 0) is 9.53 Å². The maximum absolute atomic E-state index is 11.9. The molecule has 0 saturated heterocycles. The molecule has 110 valence electrons. The summed E-state index contributed by atoms with van der Waals surface area (Å²) in [6.07, 6.45) is 6.60. The van der Waals surface area contributed by atoms with Crippen LogP contribution in [-0.4, -0.2) is 34.5 Å². The Morgan fingerprint density at radius 2 is 2.11 bits per heavy atom. The van der Waals surface area contributed by atoms with E-state index in [-0.39, 0.29) is 0 Å². The normalized spacial score (nSPS) is 34.6. The maximum Gasteiger partial charge on any atom is 0.311 e. The first-order valence-electron chi connectivity index (χ1n) is 7.29. The second-order valence-electron chi connectivity index (χ2n) is 5.32. The Labute approximate surface area is 115 Å². The number of esters is 1. The number of rotatable bonds is 4. The highest BCUT2D eigenvalue weighted by Gasteiger charge is 2.28. The van der Waals surface area contributed by atoms with E-state index < -0.39 is 30.2 Å². The highest BCUT2D eigenvalue weighted by molar-refractivity contribution is 5.73. The summed E-state index contributed by atoms with van der Waals surface area (Å²) in [6.45, 7) is 3.76. The van der Waals surface area contributed by atoms with E-state index in [1.807, 2.05) is 6.08 Å². The lowest BCUT2D eigenvalue weighted by Crippen LogP contribution is -2.36. The molecule has 4 atom stereocenters. The Morgan fingerprint density at radius 1 is 1.37 bits per heavy atom. The van der Waals surface area contributed by atoms with Crippen molar-refractivity contribution in [3.63, 3.8) is 0 Å². The SMILES string of the molecule is CCCCC[C@H]1OC(=O)[C@@H](C)C(O)/C=C\CC[C@H]1O. The van der Waals surface area contributed by atoms with Gasteiger partial charge in [-0.2, -0.15) is 0 Å². The van der Waals surface area contributed by atoms with Gasteiger partial charge >= 0.3 is 5.97 Å². The molecular formula is C15H26O4. The molecule has 0 amide bonds. The number of cyclic esters (lactones) is 1. The first kappa shape index (κ1) is 16.2. The summed E-state index contributed by atoms with van der Waals surface area (Å²) in [6, 6.07) is 0. The van der Waals surface area contributed by atoms with Crippen LogP contribution in [0.15, 0.2) is 12.2 Å². The third-order valence-corrected chi connectivity index (χ3v) is 3.64. The van der Waals surface area contributed by atoms with Crippen LogP contribution in [0.3, 0.4) is 0 Å². The average Bonchev–Trinajstić information content (AvgIpc) is 2.40. The zero-order valence-electron chi connectivity index (χ0n) is 11.9. The quantitative estimate of drug-likeness (QED) is 0.467. The van der Waals surface area contributed by atoms with Crippen molar-refractivity contribution in [2.24, 2.45) is 5.92 Å². The van der Waals surface area contributed by atoms with E-state index in [4.69, 9.17) is 4.74 Å². The van der Waals surface area contributed by atoms with Gasteiger partial charge in [0.1, 0.15) is 6.10 Å². The van der Waals surface area contributed by atoms with E-state index in [0.29, 0.717) is 19.3 Å². The molecule has 0 spiro atoms. The van der Waals surface area contributed by atoms with Crippen molar-refractivity contribution in [1.82, 2.24) is 0 Å². The summed E-state index contributed by atoms with van der Waals surface area (Å²) in [5.41, 5.74) is 0. The van der Waals surface area contributed by atoms with Crippen molar-refractivity contribution < 1.29 is 19.7 Å². The molecule has 1 heterocycles. The average molecular weight is 270 g/mol. The number of carbonyl (C=O) groups is 1. The fourth-order valence-electron chi connectivity index (χ4n) is 2.18. The molecule has 0 bridgehead atoms. The van der Waals surface area contributed by atoms with Crippen molar-refractivity contribution in [3.8, 4) is 0 Å². The lowest BCUT2D eigenvalue weighted by atomic mass is 9.98. The minimum atomic E-state index is -0.806. The summed E-state index contributed by atoms with van der Waals surface area (Å²) in [4.78, 5) is 11.9. The van der Waals surface area contributed by atoms with Gasteiger partial charge in [-0.05, 0) is 32.6 Å². The highest BCUT2D eigenvalue weighted by atomic mass is 16.6. The number of aliphatic hydroxyl groups excluding tert-OH is 2.